The number of carbonyl (C=O) groups is 1. The second-order valence-corrected chi connectivity index (χ2v) is 3.56. The van der Waals surface area contributed by atoms with E-state index in [1.54, 1.807) is 18.2 Å². The predicted octanol–water partition coefficient (Wildman–Crippen LogP) is 0.769. The third kappa shape index (κ3) is 3.44. The van der Waals surface area contributed by atoms with Crippen LogP contribution in [-0.2, 0) is 11.3 Å². The fraction of sp³-hybridized carbons (Fsp3) is 0.417. The number of nitrogens with one attached hydrogen (secondary N) is 1. The molecular weight excluding hydrogens is 204 g/mol. The van der Waals surface area contributed by atoms with E-state index in [1.165, 1.54) is 0 Å². The van der Waals surface area contributed by atoms with E-state index in [-0.39, 0.29) is 12.5 Å². The van der Waals surface area contributed by atoms with Crippen molar-refractivity contribution in [3.8, 4) is 12.3 Å². The summed E-state index contributed by atoms with van der Waals surface area (Å²) in [5.41, 5.74) is 1.02. The van der Waals surface area contributed by atoms with Crippen LogP contribution in [0.3, 0.4) is 0 Å². The molecule has 1 heterocycles. The van der Waals surface area contributed by atoms with E-state index in [1.807, 2.05) is 13.0 Å². The number of hydrogen-bond acceptors (Lipinski definition) is 3. The number of likely N-dealkylation sites (N-methyl/N-ethyl adjacent to an activating group) is 1. The van der Waals surface area contributed by atoms with Crippen molar-refractivity contribution in [3.05, 3.63) is 23.7 Å². The Morgan fingerprint density at radius 1 is 1.69 bits per heavy atom. The second kappa shape index (κ2) is 5.99. The third-order valence-corrected chi connectivity index (χ3v) is 2.30. The van der Waals surface area contributed by atoms with Crippen LogP contribution < -0.4 is 5.32 Å². The lowest BCUT2D eigenvalue weighted by Crippen LogP contribution is -2.35. The number of hydrogen-bond donors (Lipinski definition) is 1. The van der Waals surface area contributed by atoms with Crippen molar-refractivity contribution in [3.63, 3.8) is 0 Å². The molecule has 4 nitrogen and oxygen atoms in total. The third-order valence-electron chi connectivity index (χ3n) is 2.30. The Labute approximate surface area is 95.6 Å². The molecule has 0 spiro atoms. The van der Waals surface area contributed by atoms with Crippen LogP contribution in [0.4, 0.5) is 0 Å². The highest BCUT2D eigenvalue weighted by atomic mass is 16.3. The van der Waals surface area contributed by atoms with Gasteiger partial charge in [-0.15, -0.1) is 6.42 Å². The molecular formula is C12H16N2O2. The molecule has 1 aromatic heterocycles. The molecule has 0 saturated carbocycles. The van der Waals surface area contributed by atoms with Crippen molar-refractivity contribution < 1.29 is 9.21 Å². The summed E-state index contributed by atoms with van der Waals surface area (Å²) in [6, 6.07) is 1.87. The van der Waals surface area contributed by atoms with Crippen LogP contribution in [-0.4, -0.2) is 30.9 Å². The van der Waals surface area contributed by atoms with Crippen LogP contribution >= 0.6 is 0 Å². The molecule has 1 rings (SSSR count). The molecule has 16 heavy (non-hydrogen) atoms. The fourth-order valence-electron chi connectivity index (χ4n) is 1.30. The van der Waals surface area contributed by atoms with E-state index in [2.05, 4.69) is 11.2 Å². The number of carbonyl (C=O) groups excluding carboxylic acids is 1. The zero-order valence-electron chi connectivity index (χ0n) is 9.62. The quantitative estimate of drug-likeness (QED) is 0.589. The molecule has 0 radical (unpaired) electrons. The number of terminal acetylenes is 1. The molecule has 86 valence electrons. The van der Waals surface area contributed by atoms with Gasteiger partial charge in [0.25, 0.3) is 0 Å². The molecule has 0 aliphatic rings. The van der Waals surface area contributed by atoms with Crippen LogP contribution in [0.2, 0.25) is 0 Å². The number of nitrogens with zero attached hydrogens (tertiary/aromatic N) is 1. The first kappa shape index (κ1) is 12.3. The van der Waals surface area contributed by atoms with Crippen molar-refractivity contribution in [2.75, 3.05) is 20.1 Å². The van der Waals surface area contributed by atoms with Gasteiger partial charge in [-0.3, -0.25) is 10.1 Å². The normalized spacial score (nSPS) is 9.81. The molecule has 1 N–H and O–H groups in total. The van der Waals surface area contributed by atoms with E-state index < -0.39 is 0 Å². The largest absolute Gasteiger partial charge is 0.469 e. The number of furan rings is 1. The first-order valence-electron chi connectivity index (χ1n) is 5.06. The Hall–Kier alpha value is -1.73. The molecule has 0 aromatic carbocycles. The van der Waals surface area contributed by atoms with Gasteiger partial charge in [-0.2, -0.15) is 0 Å². The lowest BCUT2D eigenvalue weighted by Gasteiger charge is -2.16. The Bertz CT molecular complexity index is 390. The highest BCUT2D eigenvalue weighted by molar-refractivity contribution is 5.78. The van der Waals surface area contributed by atoms with Crippen LogP contribution in [0.1, 0.15) is 11.3 Å². The summed E-state index contributed by atoms with van der Waals surface area (Å²) in [5, 5.41) is 2.86. The summed E-state index contributed by atoms with van der Waals surface area (Å²) in [5.74, 6) is 3.27. The van der Waals surface area contributed by atoms with Gasteiger partial charge in [0.15, 0.2) is 0 Å². The van der Waals surface area contributed by atoms with Gasteiger partial charge < -0.3 is 9.32 Å². The summed E-state index contributed by atoms with van der Waals surface area (Å²) >= 11 is 0. The Kier molecular flexibility index (Phi) is 4.62. The highest BCUT2D eigenvalue weighted by Gasteiger charge is 2.10. The molecule has 0 saturated heterocycles. The summed E-state index contributed by atoms with van der Waals surface area (Å²) in [4.78, 5) is 13.3. The summed E-state index contributed by atoms with van der Waals surface area (Å²) in [6.07, 6.45) is 6.70. The molecule has 0 fully saturated rings. The number of amides is 1. The van der Waals surface area contributed by atoms with E-state index in [0.29, 0.717) is 13.1 Å². The molecule has 0 unspecified atom stereocenters. The van der Waals surface area contributed by atoms with Gasteiger partial charge in [0.1, 0.15) is 5.76 Å². The number of aryl methyl sites for hydroxylation is 1. The van der Waals surface area contributed by atoms with Crippen LogP contribution in [0, 0.1) is 19.3 Å². The first-order chi connectivity index (χ1) is 7.65. The molecule has 0 aliphatic heterocycles. The zero-order valence-corrected chi connectivity index (χ0v) is 9.62. The first-order valence-corrected chi connectivity index (χ1v) is 5.06. The monoisotopic (exact) mass is 220 g/mol. The van der Waals surface area contributed by atoms with Crippen molar-refractivity contribution in [1.82, 2.24) is 10.2 Å². The lowest BCUT2D eigenvalue weighted by atomic mass is 10.2. The molecule has 0 aliphatic carbocycles. The molecule has 1 aromatic rings. The van der Waals surface area contributed by atoms with Crippen LogP contribution in [0.5, 0.6) is 0 Å². The van der Waals surface area contributed by atoms with Gasteiger partial charge in [0.05, 0.1) is 19.4 Å². The summed E-state index contributed by atoms with van der Waals surface area (Å²) < 4.78 is 5.16. The van der Waals surface area contributed by atoms with Crippen molar-refractivity contribution in [2.45, 2.75) is 13.5 Å². The Morgan fingerprint density at radius 2 is 2.44 bits per heavy atom. The molecule has 0 atom stereocenters. The van der Waals surface area contributed by atoms with E-state index in [0.717, 1.165) is 11.3 Å². The van der Waals surface area contributed by atoms with Gasteiger partial charge in [-0.05, 0) is 13.0 Å². The number of rotatable bonds is 5. The zero-order chi connectivity index (χ0) is 12.0. The van der Waals surface area contributed by atoms with Gasteiger partial charge in [-0.25, -0.2) is 0 Å². The van der Waals surface area contributed by atoms with E-state index in [9.17, 15) is 4.79 Å². The highest BCUT2D eigenvalue weighted by Crippen LogP contribution is 2.10. The van der Waals surface area contributed by atoms with Crippen molar-refractivity contribution in [1.29, 1.82) is 0 Å². The Balaban J connectivity index is 2.41. The van der Waals surface area contributed by atoms with Crippen LogP contribution in [0.15, 0.2) is 16.7 Å². The maximum atomic E-state index is 11.6. The molecule has 4 heteroatoms. The van der Waals surface area contributed by atoms with Crippen molar-refractivity contribution in [2.24, 2.45) is 0 Å². The van der Waals surface area contributed by atoms with Gasteiger partial charge in [0, 0.05) is 19.2 Å². The standard InChI is InChI=1S/C12H16N2O2/c1-4-6-13-8-12(15)14(3)9-11-5-7-16-10(11)2/h1,5,7,13H,6,8-9H2,2-3H3. The van der Waals surface area contributed by atoms with Gasteiger partial charge in [-0.1, -0.05) is 5.92 Å². The maximum Gasteiger partial charge on any atom is 0.236 e. The van der Waals surface area contributed by atoms with Crippen molar-refractivity contribution >= 4 is 5.91 Å². The average molecular weight is 220 g/mol. The average Bonchev–Trinajstić information content (AvgIpc) is 2.64. The lowest BCUT2D eigenvalue weighted by molar-refractivity contribution is -0.129. The summed E-state index contributed by atoms with van der Waals surface area (Å²) in [7, 11) is 1.76. The Morgan fingerprint density at radius 3 is 3.00 bits per heavy atom. The minimum absolute atomic E-state index is 0.0100. The second-order valence-electron chi connectivity index (χ2n) is 3.56. The van der Waals surface area contributed by atoms with Crippen LogP contribution in [0.25, 0.3) is 0 Å². The maximum absolute atomic E-state index is 11.6. The summed E-state index contributed by atoms with van der Waals surface area (Å²) in [6.45, 7) is 3.10. The fourth-order valence-corrected chi connectivity index (χ4v) is 1.30. The topological polar surface area (TPSA) is 45.5 Å². The SMILES string of the molecule is C#CCNCC(=O)N(C)Cc1ccoc1C. The van der Waals surface area contributed by atoms with E-state index >= 15 is 0 Å². The van der Waals surface area contributed by atoms with Gasteiger partial charge in [0.2, 0.25) is 5.91 Å². The predicted molar refractivity (Wildman–Crippen MR) is 61.6 cm³/mol. The van der Waals surface area contributed by atoms with E-state index in [4.69, 9.17) is 10.8 Å². The van der Waals surface area contributed by atoms with Gasteiger partial charge >= 0.3 is 0 Å². The smallest absolute Gasteiger partial charge is 0.236 e. The molecule has 1 amide bonds. The minimum atomic E-state index is 0.0100. The molecule has 0 bridgehead atoms. The minimum Gasteiger partial charge on any atom is -0.469 e.